The van der Waals surface area contributed by atoms with Crippen LogP contribution in [0, 0.1) is 0 Å². The van der Waals surface area contributed by atoms with Gasteiger partial charge in [0.1, 0.15) is 23.7 Å². The van der Waals surface area contributed by atoms with Crippen LogP contribution in [-0.4, -0.2) is 108 Å². The van der Waals surface area contributed by atoms with Crippen LogP contribution >= 0.6 is 0 Å². The molecule has 4 heterocycles. The molecule has 1 unspecified atom stereocenters. The molecule has 0 saturated carbocycles. The molecule has 0 bridgehead atoms. The van der Waals surface area contributed by atoms with Crippen molar-refractivity contribution in [2.24, 2.45) is 4.99 Å². The van der Waals surface area contributed by atoms with Crippen molar-refractivity contribution in [2.75, 3.05) is 47.9 Å². The molecule has 5 aromatic rings. The zero-order valence-electron chi connectivity index (χ0n) is 36.6. The first-order valence-corrected chi connectivity index (χ1v) is 21.8. The Balaban J connectivity index is 0.955. The van der Waals surface area contributed by atoms with Crippen LogP contribution in [0.25, 0.3) is 22.4 Å². The van der Waals surface area contributed by atoms with Gasteiger partial charge in [0, 0.05) is 19.6 Å². The summed E-state index contributed by atoms with van der Waals surface area (Å²) in [5, 5.41) is 9.13. The summed E-state index contributed by atoms with van der Waals surface area (Å²) in [6, 6.07) is 31.1. The van der Waals surface area contributed by atoms with E-state index in [1.54, 1.807) is 4.90 Å². The first-order valence-electron chi connectivity index (χ1n) is 21.8. The average Bonchev–Trinajstić information content (AvgIpc) is 4.17. The molecule has 5 atom stereocenters. The summed E-state index contributed by atoms with van der Waals surface area (Å²) in [6.07, 6.45) is 3.64. The van der Waals surface area contributed by atoms with E-state index < -0.39 is 24.3 Å². The number of aromatic amines is 1. The van der Waals surface area contributed by atoms with Crippen LogP contribution in [0.3, 0.4) is 0 Å². The normalized spacial score (nSPS) is 19.1. The third kappa shape index (κ3) is 9.49. The van der Waals surface area contributed by atoms with E-state index in [2.05, 4.69) is 82.4 Å². The molecule has 0 radical (unpaired) electrons. The summed E-state index contributed by atoms with van der Waals surface area (Å²) in [5.41, 5.74) is 7.67. The van der Waals surface area contributed by atoms with Crippen molar-refractivity contribution >= 4 is 29.8 Å². The summed E-state index contributed by atoms with van der Waals surface area (Å²) < 4.78 is 9.72. The van der Waals surface area contributed by atoms with E-state index in [1.807, 2.05) is 71.8 Å². The fourth-order valence-electron chi connectivity index (χ4n) is 9.10. The number of ether oxygens (including phenoxy) is 2. The van der Waals surface area contributed by atoms with Gasteiger partial charge in [0.2, 0.25) is 0 Å². The van der Waals surface area contributed by atoms with Crippen LogP contribution in [0.1, 0.15) is 77.9 Å². The summed E-state index contributed by atoms with van der Waals surface area (Å²) in [7, 11) is 6.69. The van der Waals surface area contributed by atoms with Crippen LogP contribution < -0.4 is 16.0 Å². The molecule has 8 rings (SSSR count). The predicted molar refractivity (Wildman–Crippen MR) is 243 cm³/mol. The Labute approximate surface area is 373 Å². The van der Waals surface area contributed by atoms with Crippen molar-refractivity contribution in [3.05, 3.63) is 137 Å². The van der Waals surface area contributed by atoms with Crippen LogP contribution in [0.2, 0.25) is 0 Å². The van der Waals surface area contributed by atoms with E-state index >= 15 is 0 Å². The first kappa shape index (κ1) is 43.6. The number of methoxy groups -OCH3 is 2. The maximum absolute atomic E-state index is 14.1. The van der Waals surface area contributed by atoms with Crippen LogP contribution in [0.15, 0.2) is 114 Å². The van der Waals surface area contributed by atoms with Gasteiger partial charge >= 0.3 is 12.2 Å². The van der Waals surface area contributed by atoms with Crippen LogP contribution in [0.4, 0.5) is 9.59 Å². The highest BCUT2D eigenvalue weighted by atomic mass is 16.5. The van der Waals surface area contributed by atoms with Gasteiger partial charge in [0.25, 0.3) is 11.8 Å². The molecule has 15 heteroatoms. The number of H-pyrrole nitrogens is 1. The topological polar surface area (TPSA) is 174 Å². The minimum absolute atomic E-state index is 0.0583. The number of alkyl carbamates (subject to hydrolysis) is 2. The van der Waals surface area contributed by atoms with E-state index in [0.717, 1.165) is 66.0 Å². The van der Waals surface area contributed by atoms with Crippen molar-refractivity contribution in [2.45, 2.75) is 62.4 Å². The lowest BCUT2D eigenvalue weighted by atomic mass is 9.94. The average molecular weight is 866 g/mol. The van der Waals surface area contributed by atoms with E-state index in [4.69, 9.17) is 19.5 Å². The number of benzene rings is 4. The molecule has 4 amide bonds. The van der Waals surface area contributed by atoms with Gasteiger partial charge in [0.15, 0.2) is 0 Å². The molecule has 2 saturated heterocycles. The third-order valence-electron chi connectivity index (χ3n) is 12.2. The number of amidine groups is 1. The van der Waals surface area contributed by atoms with Gasteiger partial charge in [-0.2, -0.15) is 0 Å². The van der Waals surface area contributed by atoms with Gasteiger partial charge in [0.05, 0.1) is 50.8 Å². The molecule has 4 aromatic carbocycles. The quantitative estimate of drug-likeness (QED) is 0.101. The fraction of sp³-hybridized carbons (Fsp3) is 0.347. The van der Waals surface area contributed by atoms with Crippen molar-refractivity contribution in [1.29, 1.82) is 0 Å². The maximum Gasteiger partial charge on any atom is 0.407 e. The Morgan fingerprint density at radius 3 is 1.89 bits per heavy atom. The van der Waals surface area contributed by atoms with Gasteiger partial charge in [-0.1, -0.05) is 103 Å². The molecule has 3 aliphatic rings. The largest absolute Gasteiger partial charge is 0.453 e. The number of imidazole rings is 1. The number of carbonyl (C=O) groups is 4. The Bertz CT molecular complexity index is 2480. The Morgan fingerprint density at radius 2 is 1.31 bits per heavy atom. The lowest BCUT2D eigenvalue weighted by Gasteiger charge is -2.30. The summed E-state index contributed by atoms with van der Waals surface area (Å²) in [4.78, 5) is 71.6. The zero-order valence-corrected chi connectivity index (χ0v) is 36.6. The standard InChI is InChI=1S/C49H55N9O6/c1-56(2)30-36-27-35(39-29-51-45(53-39)41-18-12-26-58(41)47(60)43(55-49(62)64-4)34-15-9-6-10-16-34)23-24-37(36)31-19-21-32(22-20-31)38-28-50-44(52-38)40-17-11-25-57(40)46(59)42(54-48(61)63-3)33-13-7-5-8-14-33/h5-10,13-16,19-24,27-28,39-43H,11-12,17-18,25-26,29-30H2,1-4H3,(H,50,52)(H,51,53)(H,54,61)(H,55,62)/t39?,40-,41-,42+,43+/m0/s1. The number of rotatable bonds is 13. The Hall–Kier alpha value is -7.00. The Morgan fingerprint density at radius 1 is 0.750 bits per heavy atom. The molecular weight excluding hydrogens is 811 g/mol. The van der Waals surface area contributed by atoms with E-state index in [-0.39, 0.29) is 29.9 Å². The third-order valence-corrected chi connectivity index (χ3v) is 12.2. The molecule has 3 aliphatic heterocycles. The number of amides is 4. The van der Waals surface area contributed by atoms with Gasteiger partial charge in [-0.25, -0.2) is 14.6 Å². The highest BCUT2D eigenvalue weighted by Crippen LogP contribution is 2.36. The highest BCUT2D eigenvalue weighted by Gasteiger charge is 2.40. The highest BCUT2D eigenvalue weighted by molar-refractivity contribution is 5.96. The van der Waals surface area contributed by atoms with Gasteiger partial charge in [-0.05, 0) is 78.7 Å². The van der Waals surface area contributed by atoms with Gasteiger partial charge < -0.3 is 45.1 Å². The number of nitrogens with zero attached hydrogens (tertiary/aromatic N) is 5. The minimum Gasteiger partial charge on any atom is -0.453 e. The SMILES string of the molecule is COC(=O)N[C@@H](C(=O)N1CCC[C@H]1C1=NCC(c2ccc(-c3ccc(-c4cnc([C@@H]5CCCN5C(=O)[C@H](NC(=O)OC)c5ccccc5)[nH]4)cc3)c(CN(C)C)c2)N1)c1ccccc1. The molecule has 4 N–H and O–H groups in total. The van der Waals surface area contributed by atoms with Gasteiger partial charge in [-0.15, -0.1) is 0 Å². The van der Waals surface area contributed by atoms with Crippen molar-refractivity contribution in [1.82, 2.24) is 40.6 Å². The molecular formula is C49H55N9O6. The molecule has 1 aromatic heterocycles. The second-order valence-electron chi connectivity index (χ2n) is 16.7. The predicted octanol–water partition coefficient (Wildman–Crippen LogP) is 6.70. The van der Waals surface area contributed by atoms with Crippen molar-refractivity contribution in [3.63, 3.8) is 0 Å². The smallest absolute Gasteiger partial charge is 0.407 e. The first-order chi connectivity index (χ1) is 31.1. The maximum atomic E-state index is 14.1. The summed E-state index contributed by atoms with van der Waals surface area (Å²) in [5.74, 6) is 1.08. The van der Waals surface area contributed by atoms with E-state index in [9.17, 15) is 19.2 Å². The van der Waals surface area contributed by atoms with Crippen molar-refractivity contribution in [3.8, 4) is 22.4 Å². The van der Waals surface area contributed by atoms with Crippen LogP contribution in [0.5, 0.6) is 0 Å². The minimum atomic E-state index is -0.888. The van der Waals surface area contributed by atoms with Crippen LogP contribution in [-0.2, 0) is 25.6 Å². The number of aromatic nitrogens is 2. The Kier molecular flexibility index (Phi) is 13.4. The number of likely N-dealkylation sites (tertiary alicyclic amines) is 2. The monoisotopic (exact) mass is 865 g/mol. The molecule has 332 valence electrons. The lowest BCUT2D eigenvalue weighted by Crippen LogP contribution is -2.49. The molecule has 15 nitrogen and oxygen atoms in total. The van der Waals surface area contributed by atoms with E-state index in [1.165, 1.54) is 19.8 Å². The molecule has 64 heavy (non-hydrogen) atoms. The molecule has 2 fully saturated rings. The lowest BCUT2D eigenvalue weighted by molar-refractivity contribution is -0.135. The number of hydrogen-bond acceptors (Lipinski definition) is 10. The second kappa shape index (κ2) is 19.6. The number of carbonyl (C=O) groups excluding carboxylic acids is 4. The summed E-state index contributed by atoms with van der Waals surface area (Å²) in [6.45, 7) is 2.39. The fourth-order valence-corrected chi connectivity index (χ4v) is 9.10. The second-order valence-corrected chi connectivity index (χ2v) is 16.7. The summed E-state index contributed by atoms with van der Waals surface area (Å²) >= 11 is 0. The molecule has 0 aliphatic carbocycles. The van der Waals surface area contributed by atoms with E-state index in [0.29, 0.717) is 36.6 Å². The van der Waals surface area contributed by atoms with Gasteiger partial charge in [-0.3, -0.25) is 14.6 Å². The van der Waals surface area contributed by atoms with Crippen molar-refractivity contribution < 1.29 is 28.7 Å². The number of aliphatic imine (C=N–C) groups is 1. The zero-order chi connectivity index (χ0) is 44.7. The molecule has 0 spiro atoms. The number of hydrogen-bond donors (Lipinski definition) is 4. The number of nitrogens with one attached hydrogen (secondary N) is 4.